The molecule has 0 aliphatic carbocycles. The first-order valence-electron chi connectivity index (χ1n) is 4.28. The first-order chi connectivity index (χ1) is 6.54. The van der Waals surface area contributed by atoms with E-state index in [2.05, 4.69) is 0 Å². The number of carbonyl (C=O) groups is 1. The lowest BCUT2D eigenvalue weighted by molar-refractivity contribution is -0.138. The molecule has 0 spiro atoms. The molecule has 0 aromatic heterocycles. The van der Waals surface area contributed by atoms with Crippen LogP contribution in [-0.2, 0) is 4.79 Å². The van der Waals surface area contributed by atoms with Crippen molar-refractivity contribution in [1.82, 2.24) is 0 Å². The van der Waals surface area contributed by atoms with Crippen molar-refractivity contribution in [1.29, 1.82) is 0 Å². The molecular weight excluding hydrogens is 180 g/mol. The van der Waals surface area contributed by atoms with Gasteiger partial charge in [0.2, 0.25) is 0 Å². The molecule has 1 aromatic rings. The highest BCUT2D eigenvalue weighted by Gasteiger charge is 2.17. The van der Waals surface area contributed by atoms with Gasteiger partial charge in [-0.15, -0.1) is 0 Å². The van der Waals surface area contributed by atoms with E-state index in [1.54, 1.807) is 12.1 Å². The van der Waals surface area contributed by atoms with Crippen molar-refractivity contribution in [2.24, 2.45) is 5.73 Å². The molecule has 1 atom stereocenters. The fourth-order valence-corrected chi connectivity index (χ4v) is 1.29. The van der Waals surface area contributed by atoms with Crippen LogP contribution in [-0.4, -0.2) is 25.2 Å². The van der Waals surface area contributed by atoms with Crippen LogP contribution >= 0.6 is 0 Å². The number of carboxylic acids is 1. The molecule has 0 amide bonds. The zero-order chi connectivity index (χ0) is 10.7. The summed E-state index contributed by atoms with van der Waals surface area (Å²) in [5.41, 5.74) is 7.02. The predicted molar refractivity (Wildman–Crippen MR) is 55.3 cm³/mol. The molecule has 0 bridgehead atoms. The van der Waals surface area contributed by atoms with Crippen LogP contribution < -0.4 is 10.6 Å². The van der Waals surface area contributed by atoms with Crippen LogP contribution in [0, 0.1) is 0 Å². The Morgan fingerprint density at radius 2 is 2.00 bits per heavy atom. The SMILES string of the molecule is CN(C)c1ccccc1[C@H](N)C(=O)O. The van der Waals surface area contributed by atoms with Gasteiger partial charge in [0.25, 0.3) is 0 Å². The van der Waals surface area contributed by atoms with Crippen molar-refractivity contribution in [3.05, 3.63) is 29.8 Å². The minimum Gasteiger partial charge on any atom is -0.480 e. The lowest BCUT2D eigenvalue weighted by Crippen LogP contribution is -2.23. The van der Waals surface area contributed by atoms with Crippen LogP contribution in [0.5, 0.6) is 0 Å². The Labute approximate surface area is 82.9 Å². The molecule has 1 rings (SSSR count). The maximum absolute atomic E-state index is 10.7. The molecular formula is C10H14N2O2. The molecule has 0 heterocycles. The number of hydrogen-bond donors (Lipinski definition) is 2. The predicted octanol–water partition coefficient (Wildman–Crippen LogP) is 0.837. The van der Waals surface area contributed by atoms with E-state index < -0.39 is 12.0 Å². The Morgan fingerprint density at radius 1 is 1.43 bits per heavy atom. The highest BCUT2D eigenvalue weighted by atomic mass is 16.4. The largest absolute Gasteiger partial charge is 0.480 e. The molecule has 0 radical (unpaired) electrons. The molecule has 4 heteroatoms. The minimum absolute atomic E-state index is 0.630. The molecule has 14 heavy (non-hydrogen) atoms. The Bertz CT molecular complexity index is 337. The van der Waals surface area contributed by atoms with E-state index in [4.69, 9.17) is 10.8 Å². The second-order valence-corrected chi connectivity index (χ2v) is 3.27. The standard InChI is InChI=1S/C10H14N2O2/c1-12(2)8-6-4-3-5-7(8)9(11)10(13)14/h3-6,9H,11H2,1-2H3,(H,13,14)/t9-/m0/s1. The molecule has 0 fully saturated rings. The lowest BCUT2D eigenvalue weighted by Gasteiger charge is -2.19. The van der Waals surface area contributed by atoms with E-state index in [0.29, 0.717) is 5.56 Å². The number of aliphatic carboxylic acids is 1. The summed E-state index contributed by atoms with van der Waals surface area (Å²) >= 11 is 0. The smallest absolute Gasteiger partial charge is 0.325 e. The second kappa shape index (κ2) is 4.11. The molecule has 0 aliphatic rings. The number of para-hydroxylation sites is 1. The average Bonchev–Trinajstić information content (AvgIpc) is 2.16. The van der Waals surface area contributed by atoms with Crippen molar-refractivity contribution in [3.63, 3.8) is 0 Å². The van der Waals surface area contributed by atoms with Crippen LogP contribution in [0.1, 0.15) is 11.6 Å². The monoisotopic (exact) mass is 194 g/mol. The summed E-state index contributed by atoms with van der Waals surface area (Å²) < 4.78 is 0. The van der Waals surface area contributed by atoms with E-state index in [1.165, 1.54) is 0 Å². The maximum atomic E-state index is 10.7. The number of nitrogens with zero attached hydrogens (tertiary/aromatic N) is 1. The first-order valence-corrected chi connectivity index (χ1v) is 4.28. The van der Waals surface area contributed by atoms with Crippen LogP contribution in [0.15, 0.2) is 24.3 Å². The number of rotatable bonds is 3. The number of carboxylic acid groups (broad SMARTS) is 1. The van der Waals surface area contributed by atoms with Gasteiger partial charge in [-0.05, 0) is 6.07 Å². The van der Waals surface area contributed by atoms with Crippen molar-refractivity contribution in [3.8, 4) is 0 Å². The third-order valence-electron chi connectivity index (χ3n) is 2.02. The number of hydrogen-bond acceptors (Lipinski definition) is 3. The summed E-state index contributed by atoms with van der Waals surface area (Å²) in [4.78, 5) is 12.6. The highest BCUT2D eigenvalue weighted by Crippen LogP contribution is 2.23. The fourth-order valence-electron chi connectivity index (χ4n) is 1.29. The van der Waals surface area contributed by atoms with Crippen LogP contribution in [0.25, 0.3) is 0 Å². The molecule has 4 nitrogen and oxygen atoms in total. The second-order valence-electron chi connectivity index (χ2n) is 3.27. The highest BCUT2D eigenvalue weighted by molar-refractivity contribution is 5.78. The topological polar surface area (TPSA) is 66.6 Å². The number of anilines is 1. The molecule has 0 unspecified atom stereocenters. The van der Waals surface area contributed by atoms with Crippen molar-refractivity contribution >= 4 is 11.7 Å². The quantitative estimate of drug-likeness (QED) is 0.748. The summed E-state index contributed by atoms with van der Waals surface area (Å²) in [5, 5.41) is 8.80. The summed E-state index contributed by atoms with van der Waals surface area (Å²) in [5.74, 6) is -1.01. The summed E-state index contributed by atoms with van der Waals surface area (Å²) in [6.07, 6.45) is 0. The van der Waals surface area contributed by atoms with E-state index >= 15 is 0 Å². The molecule has 0 saturated carbocycles. The van der Waals surface area contributed by atoms with Gasteiger partial charge in [-0.25, -0.2) is 0 Å². The van der Waals surface area contributed by atoms with Gasteiger partial charge in [0.05, 0.1) is 0 Å². The molecule has 3 N–H and O–H groups in total. The zero-order valence-corrected chi connectivity index (χ0v) is 8.27. The van der Waals surface area contributed by atoms with Crippen molar-refractivity contribution < 1.29 is 9.90 Å². The molecule has 0 aliphatic heterocycles. The summed E-state index contributed by atoms with van der Waals surface area (Å²) in [6.45, 7) is 0. The average molecular weight is 194 g/mol. The van der Waals surface area contributed by atoms with Gasteiger partial charge in [-0.3, -0.25) is 4.79 Å². The summed E-state index contributed by atoms with van der Waals surface area (Å²) in [7, 11) is 3.71. The van der Waals surface area contributed by atoms with E-state index in [9.17, 15) is 4.79 Å². The van der Waals surface area contributed by atoms with E-state index in [-0.39, 0.29) is 0 Å². The van der Waals surface area contributed by atoms with Gasteiger partial charge in [-0.1, -0.05) is 18.2 Å². The maximum Gasteiger partial charge on any atom is 0.325 e. The normalized spacial score (nSPS) is 12.2. The third kappa shape index (κ3) is 2.03. The molecule has 1 aromatic carbocycles. The first kappa shape index (κ1) is 10.5. The Morgan fingerprint density at radius 3 is 2.50 bits per heavy atom. The Kier molecular flexibility index (Phi) is 3.09. The van der Waals surface area contributed by atoms with Gasteiger partial charge < -0.3 is 15.7 Å². The molecule has 76 valence electrons. The van der Waals surface area contributed by atoms with Gasteiger partial charge in [0, 0.05) is 25.3 Å². The Hall–Kier alpha value is -1.55. The Balaban J connectivity index is 3.13. The fraction of sp³-hybridized carbons (Fsp3) is 0.300. The van der Waals surface area contributed by atoms with E-state index in [0.717, 1.165) is 5.69 Å². The van der Waals surface area contributed by atoms with Gasteiger partial charge in [0.15, 0.2) is 0 Å². The zero-order valence-electron chi connectivity index (χ0n) is 8.27. The van der Waals surface area contributed by atoms with Crippen LogP contribution in [0.3, 0.4) is 0 Å². The minimum atomic E-state index is -1.01. The summed E-state index contributed by atoms with van der Waals surface area (Å²) in [6, 6.07) is 6.25. The van der Waals surface area contributed by atoms with Gasteiger partial charge >= 0.3 is 5.97 Å². The third-order valence-corrected chi connectivity index (χ3v) is 2.02. The van der Waals surface area contributed by atoms with Gasteiger partial charge in [-0.2, -0.15) is 0 Å². The number of benzene rings is 1. The molecule has 0 saturated heterocycles. The van der Waals surface area contributed by atoms with Crippen molar-refractivity contribution in [2.75, 3.05) is 19.0 Å². The lowest BCUT2D eigenvalue weighted by atomic mass is 10.1. The van der Waals surface area contributed by atoms with Crippen LogP contribution in [0.4, 0.5) is 5.69 Å². The number of nitrogens with two attached hydrogens (primary N) is 1. The van der Waals surface area contributed by atoms with Crippen LogP contribution in [0.2, 0.25) is 0 Å². The van der Waals surface area contributed by atoms with Crippen molar-refractivity contribution in [2.45, 2.75) is 6.04 Å². The van der Waals surface area contributed by atoms with Gasteiger partial charge in [0.1, 0.15) is 6.04 Å². The van der Waals surface area contributed by atoms with E-state index in [1.807, 2.05) is 31.1 Å².